The van der Waals surface area contributed by atoms with E-state index < -0.39 is 60.2 Å². The van der Waals surface area contributed by atoms with Gasteiger partial charge in [0.2, 0.25) is 17.7 Å². The van der Waals surface area contributed by atoms with Crippen LogP contribution in [0.5, 0.6) is 5.75 Å². The highest BCUT2D eigenvalue weighted by Crippen LogP contribution is 2.11. The smallest absolute Gasteiger partial charge is 0.326 e. The number of phenols is 1. The molecule has 0 aliphatic rings. The second kappa shape index (κ2) is 16.1. The summed E-state index contributed by atoms with van der Waals surface area (Å²) in [5.41, 5.74) is 7.28. The first-order chi connectivity index (χ1) is 19.0. The van der Waals surface area contributed by atoms with E-state index in [0.29, 0.717) is 16.9 Å². The van der Waals surface area contributed by atoms with Gasteiger partial charge >= 0.3 is 11.9 Å². The van der Waals surface area contributed by atoms with Gasteiger partial charge in [-0.1, -0.05) is 42.5 Å². The molecule has 0 spiro atoms. The molecular weight excluding hydrogens is 540 g/mol. The van der Waals surface area contributed by atoms with Crippen molar-refractivity contribution in [3.63, 3.8) is 0 Å². The Morgan fingerprint density at radius 1 is 0.775 bits per heavy atom. The molecule has 3 amide bonds. The quantitative estimate of drug-likeness (QED) is 0.146. The third-order valence-corrected chi connectivity index (χ3v) is 6.53. The van der Waals surface area contributed by atoms with Gasteiger partial charge in [0.1, 0.15) is 23.9 Å². The first-order valence-electron chi connectivity index (χ1n) is 12.4. The number of amides is 3. The van der Waals surface area contributed by atoms with E-state index in [1.807, 2.05) is 0 Å². The normalized spacial score (nSPS) is 13.8. The Morgan fingerprint density at radius 2 is 1.32 bits per heavy atom. The average molecular weight is 575 g/mol. The lowest BCUT2D eigenvalue weighted by molar-refractivity contribution is -0.143. The van der Waals surface area contributed by atoms with Crippen LogP contribution in [-0.4, -0.2) is 81.2 Å². The molecule has 4 atom stereocenters. The van der Waals surface area contributed by atoms with Crippen molar-refractivity contribution in [3.8, 4) is 5.75 Å². The molecule has 2 rings (SSSR count). The van der Waals surface area contributed by atoms with Crippen LogP contribution in [0, 0.1) is 0 Å². The maximum absolute atomic E-state index is 13.1. The van der Waals surface area contributed by atoms with Gasteiger partial charge in [-0.05, 0) is 48.1 Å². The largest absolute Gasteiger partial charge is 0.508 e. The van der Waals surface area contributed by atoms with Crippen molar-refractivity contribution in [1.29, 1.82) is 0 Å². The molecule has 40 heavy (non-hydrogen) atoms. The van der Waals surface area contributed by atoms with Crippen molar-refractivity contribution < 1.29 is 39.3 Å². The van der Waals surface area contributed by atoms with Gasteiger partial charge < -0.3 is 37.0 Å². The lowest BCUT2D eigenvalue weighted by atomic mass is 10.0. The van der Waals surface area contributed by atoms with Crippen LogP contribution >= 0.6 is 11.8 Å². The molecule has 0 aliphatic carbocycles. The van der Waals surface area contributed by atoms with Crippen LogP contribution < -0.4 is 21.7 Å². The molecule has 0 radical (unpaired) electrons. The van der Waals surface area contributed by atoms with Crippen LogP contribution in [0.3, 0.4) is 0 Å². The molecule has 0 saturated heterocycles. The highest BCUT2D eigenvalue weighted by atomic mass is 32.2. The number of carboxylic acid groups (broad SMARTS) is 2. The molecule has 216 valence electrons. The average Bonchev–Trinajstić information content (AvgIpc) is 2.91. The Bertz CT molecular complexity index is 1160. The number of thioether (sulfide) groups is 1. The van der Waals surface area contributed by atoms with E-state index in [4.69, 9.17) is 5.73 Å². The Labute approximate surface area is 235 Å². The summed E-state index contributed by atoms with van der Waals surface area (Å²) in [4.78, 5) is 62.1. The number of benzene rings is 2. The second-order valence-electron chi connectivity index (χ2n) is 9.07. The molecule has 0 aromatic heterocycles. The molecule has 0 heterocycles. The summed E-state index contributed by atoms with van der Waals surface area (Å²) in [6.07, 6.45) is 1.22. The minimum Gasteiger partial charge on any atom is -0.508 e. The number of hydrogen-bond donors (Lipinski definition) is 7. The maximum atomic E-state index is 13.1. The molecule has 2 aromatic rings. The molecule has 8 N–H and O–H groups in total. The maximum Gasteiger partial charge on any atom is 0.326 e. The van der Waals surface area contributed by atoms with Crippen molar-refractivity contribution in [3.05, 3.63) is 65.7 Å². The Balaban J connectivity index is 2.11. The minimum absolute atomic E-state index is 0.0156. The number of carbonyl (C=O) groups excluding carboxylic acids is 3. The minimum atomic E-state index is -1.54. The van der Waals surface area contributed by atoms with Crippen LogP contribution in [0.15, 0.2) is 54.6 Å². The number of carbonyl (C=O) groups is 5. The number of nitrogens with two attached hydrogens (primary N) is 1. The number of rotatable bonds is 16. The molecule has 13 heteroatoms. The lowest BCUT2D eigenvalue weighted by Crippen LogP contribution is -2.58. The zero-order valence-electron chi connectivity index (χ0n) is 21.9. The van der Waals surface area contributed by atoms with Gasteiger partial charge in [0, 0.05) is 6.42 Å². The van der Waals surface area contributed by atoms with Crippen molar-refractivity contribution in [2.75, 3.05) is 12.0 Å². The van der Waals surface area contributed by atoms with Gasteiger partial charge in [-0.25, -0.2) is 4.79 Å². The van der Waals surface area contributed by atoms with Gasteiger partial charge in [0.15, 0.2) is 0 Å². The molecule has 0 bridgehead atoms. The van der Waals surface area contributed by atoms with E-state index in [0.717, 1.165) is 0 Å². The SMILES string of the molecule is CSCCC(NC(=O)C(CC(=O)O)NC(=O)C(N)Cc1ccc(O)cc1)C(=O)NC(Cc1ccccc1)C(=O)O. The van der Waals surface area contributed by atoms with E-state index in [2.05, 4.69) is 16.0 Å². The summed E-state index contributed by atoms with van der Waals surface area (Å²) in [6, 6.07) is 9.58. The number of nitrogens with one attached hydrogen (secondary N) is 3. The first-order valence-corrected chi connectivity index (χ1v) is 13.8. The number of phenolic OH excluding ortho intramolecular Hbond substituents is 1. The topological polar surface area (TPSA) is 208 Å². The highest BCUT2D eigenvalue weighted by Gasteiger charge is 2.31. The third-order valence-electron chi connectivity index (χ3n) is 5.88. The Hall–Kier alpha value is -4.10. The fourth-order valence-electron chi connectivity index (χ4n) is 3.74. The van der Waals surface area contributed by atoms with Crippen molar-refractivity contribution in [2.24, 2.45) is 5.73 Å². The van der Waals surface area contributed by atoms with E-state index in [1.54, 1.807) is 48.7 Å². The fourth-order valence-corrected chi connectivity index (χ4v) is 4.21. The van der Waals surface area contributed by atoms with E-state index in [9.17, 15) is 39.3 Å². The number of aliphatic carboxylic acids is 2. The number of carboxylic acids is 2. The standard InChI is InChI=1S/C27H34N4O8S/c1-40-12-11-20(25(36)31-22(27(38)39)14-16-5-3-2-4-6-16)29-26(37)21(15-23(33)34)30-24(35)19(28)13-17-7-9-18(32)10-8-17/h2-10,19-22,32H,11-15,28H2,1H3,(H,29,37)(H,30,35)(H,31,36)(H,33,34)(H,38,39). The highest BCUT2D eigenvalue weighted by molar-refractivity contribution is 7.98. The summed E-state index contributed by atoms with van der Waals surface area (Å²) in [7, 11) is 0. The van der Waals surface area contributed by atoms with Gasteiger partial charge in [-0.15, -0.1) is 0 Å². The van der Waals surface area contributed by atoms with Gasteiger partial charge in [0.25, 0.3) is 0 Å². The summed E-state index contributed by atoms with van der Waals surface area (Å²) in [6.45, 7) is 0. The summed E-state index contributed by atoms with van der Waals surface area (Å²) < 4.78 is 0. The number of hydrogen-bond acceptors (Lipinski definition) is 8. The predicted octanol–water partition coefficient (Wildman–Crippen LogP) is 0.272. The van der Waals surface area contributed by atoms with Gasteiger partial charge in [-0.2, -0.15) is 11.8 Å². The summed E-state index contributed by atoms with van der Waals surface area (Å²) in [5.74, 6) is -4.62. The molecule has 0 aliphatic heterocycles. The first kappa shape index (κ1) is 32.1. The van der Waals surface area contributed by atoms with Crippen LogP contribution in [0.2, 0.25) is 0 Å². The molecule has 2 aromatic carbocycles. The van der Waals surface area contributed by atoms with Crippen LogP contribution in [0.25, 0.3) is 0 Å². The summed E-state index contributed by atoms with van der Waals surface area (Å²) >= 11 is 1.39. The van der Waals surface area contributed by atoms with Crippen LogP contribution in [-0.2, 0) is 36.8 Å². The van der Waals surface area contributed by atoms with Crippen molar-refractivity contribution in [2.45, 2.75) is 49.9 Å². The fraction of sp³-hybridized carbons (Fsp3) is 0.370. The van der Waals surface area contributed by atoms with Crippen LogP contribution in [0.1, 0.15) is 24.0 Å². The van der Waals surface area contributed by atoms with Crippen molar-refractivity contribution >= 4 is 41.4 Å². The van der Waals surface area contributed by atoms with E-state index in [1.165, 1.54) is 23.9 Å². The molecule has 4 unspecified atom stereocenters. The number of aromatic hydroxyl groups is 1. The monoisotopic (exact) mass is 574 g/mol. The van der Waals surface area contributed by atoms with Crippen LogP contribution in [0.4, 0.5) is 0 Å². The zero-order valence-corrected chi connectivity index (χ0v) is 22.7. The van der Waals surface area contributed by atoms with Crippen molar-refractivity contribution in [1.82, 2.24) is 16.0 Å². The van der Waals surface area contributed by atoms with E-state index in [-0.39, 0.29) is 25.0 Å². The molecular formula is C27H34N4O8S. The van der Waals surface area contributed by atoms with E-state index >= 15 is 0 Å². The van der Waals surface area contributed by atoms with Gasteiger partial charge in [-0.3, -0.25) is 19.2 Å². The Kier molecular flexibility index (Phi) is 12.9. The lowest BCUT2D eigenvalue weighted by Gasteiger charge is -2.24. The molecule has 0 saturated carbocycles. The zero-order chi connectivity index (χ0) is 29.7. The molecule has 12 nitrogen and oxygen atoms in total. The predicted molar refractivity (Wildman–Crippen MR) is 149 cm³/mol. The molecule has 0 fully saturated rings. The van der Waals surface area contributed by atoms with Gasteiger partial charge in [0.05, 0.1) is 12.5 Å². The second-order valence-corrected chi connectivity index (χ2v) is 10.1. The summed E-state index contributed by atoms with van der Waals surface area (Å²) in [5, 5.41) is 35.6. The third kappa shape index (κ3) is 10.9. The Morgan fingerprint density at radius 3 is 1.90 bits per heavy atom.